The number of carbonyl (C=O) groups is 1. The second-order valence-corrected chi connectivity index (χ2v) is 15.4. The first-order valence-corrected chi connectivity index (χ1v) is 19.5. The normalized spacial score (nSPS) is 18.1. The van der Waals surface area contributed by atoms with Crippen molar-refractivity contribution in [2.75, 3.05) is 38.0 Å². The highest BCUT2D eigenvalue weighted by Crippen LogP contribution is 2.53. The van der Waals surface area contributed by atoms with E-state index in [0.29, 0.717) is 37.4 Å². The lowest BCUT2D eigenvalue weighted by atomic mass is 9.80. The third kappa shape index (κ3) is 9.28. The number of amides is 1. The van der Waals surface area contributed by atoms with Gasteiger partial charge in [-0.25, -0.2) is 9.55 Å². The number of nitrogens with zero attached hydrogens (tertiary/aromatic N) is 3. The van der Waals surface area contributed by atoms with Crippen LogP contribution in [0.1, 0.15) is 78.1 Å². The van der Waals surface area contributed by atoms with Crippen LogP contribution in [-0.4, -0.2) is 64.0 Å². The van der Waals surface area contributed by atoms with Crippen LogP contribution in [-0.2, 0) is 41.6 Å². The number of benzene rings is 2. The van der Waals surface area contributed by atoms with E-state index in [1.807, 2.05) is 6.07 Å². The Hall–Kier alpha value is -3.56. The van der Waals surface area contributed by atoms with Gasteiger partial charge in [-0.3, -0.25) is 22.9 Å². The van der Waals surface area contributed by atoms with Gasteiger partial charge in [-0.15, -0.1) is 0 Å². The summed E-state index contributed by atoms with van der Waals surface area (Å²) < 4.78 is 88.6. The Balaban J connectivity index is 1.41. The van der Waals surface area contributed by atoms with Crippen molar-refractivity contribution in [1.29, 1.82) is 0 Å². The van der Waals surface area contributed by atoms with E-state index in [2.05, 4.69) is 20.6 Å². The first-order chi connectivity index (χ1) is 24.0. The van der Waals surface area contributed by atoms with Crippen molar-refractivity contribution in [3.05, 3.63) is 64.3 Å². The van der Waals surface area contributed by atoms with E-state index in [1.165, 1.54) is 30.2 Å². The SMILES string of the molecule is CCOP(=O)(OCC)OC1CCC(c2ccc(Nc3nc(Nc4ccc(CP(=O)(O)O)cc4OC)ncc3C(F)(F)F)c3c2CN(C)C3=O)CC1. The first kappa shape index (κ1) is 38.7. The number of ether oxygens (including phenoxy) is 1. The highest BCUT2D eigenvalue weighted by molar-refractivity contribution is 7.50. The van der Waals surface area contributed by atoms with Crippen LogP contribution in [0.3, 0.4) is 0 Å². The summed E-state index contributed by atoms with van der Waals surface area (Å²) in [6.45, 7) is 4.01. The molecule has 51 heavy (non-hydrogen) atoms. The number of nitrogens with one attached hydrogen (secondary N) is 2. The molecule has 2 aromatic carbocycles. The molecule has 0 radical (unpaired) electrons. The minimum Gasteiger partial charge on any atom is -0.495 e. The summed E-state index contributed by atoms with van der Waals surface area (Å²) in [4.78, 5) is 41.5. The van der Waals surface area contributed by atoms with Crippen LogP contribution in [0.4, 0.5) is 36.3 Å². The summed E-state index contributed by atoms with van der Waals surface area (Å²) in [5, 5.41) is 5.55. The fourth-order valence-corrected chi connectivity index (χ4v) is 8.39. The van der Waals surface area contributed by atoms with Gasteiger partial charge in [-0.05, 0) is 80.3 Å². The van der Waals surface area contributed by atoms with E-state index in [4.69, 9.17) is 18.3 Å². The molecule has 0 spiro atoms. The zero-order valence-electron chi connectivity index (χ0n) is 28.4. The van der Waals surface area contributed by atoms with Crippen LogP contribution in [0.5, 0.6) is 5.75 Å². The molecule has 5 rings (SSSR count). The lowest BCUT2D eigenvalue weighted by molar-refractivity contribution is -0.137. The van der Waals surface area contributed by atoms with Gasteiger partial charge in [0, 0.05) is 19.8 Å². The average Bonchev–Trinajstić information content (AvgIpc) is 3.35. The smallest absolute Gasteiger partial charge is 0.475 e. The molecule has 278 valence electrons. The quantitative estimate of drug-likeness (QED) is 0.119. The average molecular weight is 758 g/mol. The number of phosphoric ester groups is 1. The molecule has 1 fully saturated rings. The Bertz CT molecular complexity index is 1840. The van der Waals surface area contributed by atoms with Gasteiger partial charge in [-0.1, -0.05) is 12.1 Å². The van der Waals surface area contributed by atoms with E-state index < -0.39 is 39.1 Å². The van der Waals surface area contributed by atoms with Gasteiger partial charge in [0.1, 0.15) is 17.1 Å². The van der Waals surface area contributed by atoms with Crippen molar-refractivity contribution in [2.24, 2.45) is 0 Å². The van der Waals surface area contributed by atoms with Gasteiger partial charge in [-0.2, -0.15) is 18.2 Å². The van der Waals surface area contributed by atoms with Gasteiger partial charge >= 0.3 is 21.6 Å². The number of alkyl halides is 3. The summed E-state index contributed by atoms with van der Waals surface area (Å²) in [5.74, 6) is -1.02. The van der Waals surface area contributed by atoms with Crippen LogP contribution in [0.2, 0.25) is 0 Å². The van der Waals surface area contributed by atoms with Crippen LogP contribution in [0.15, 0.2) is 36.5 Å². The zero-order chi connectivity index (χ0) is 37.1. The molecular weight excluding hydrogens is 717 g/mol. The number of aromatic nitrogens is 2. The van der Waals surface area contributed by atoms with E-state index in [-0.39, 0.29) is 71.9 Å². The number of phosphoric acid groups is 1. The summed E-state index contributed by atoms with van der Waals surface area (Å²) in [6, 6.07) is 7.64. The third-order valence-corrected chi connectivity index (χ3v) is 11.0. The number of fused-ring (bicyclic) bond motifs is 1. The second-order valence-electron chi connectivity index (χ2n) is 12.1. The number of hydrogen-bond donors (Lipinski definition) is 4. The number of hydrogen-bond acceptors (Lipinski definition) is 11. The summed E-state index contributed by atoms with van der Waals surface area (Å²) in [5.41, 5.74) is 1.34. The fourth-order valence-electron chi connectivity index (χ4n) is 6.31. The molecule has 4 N–H and O–H groups in total. The van der Waals surface area contributed by atoms with Crippen LogP contribution in [0.25, 0.3) is 0 Å². The first-order valence-electron chi connectivity index (χ1n) is 16.2. The number of methoxy groups -OCH3 is 1. The van der Waals surface area contributed by atoms with Crippen LogP contribution < -0.4 is 15.4 Å². The molecule has 1 amide bonds. The maximum Gasteiger partial charge on any atom is 0.475 e. The molecule has 1 aliphatic carbocycles. The van der Waals surface area contributed by atoms with Gasteiger partial charge in [0.05, 0.1) is 49.5 Å². The summed E-state index contributed by atoms with van der Waals surface area (Å²) in [6.07, 6.45) is -2.67. The summed E-state index contributed by atoms with van der Waals surface area (Å²) >= 11 is 0. The molecule has 0 atom stereocenters. The van der Waals surface area contributed by atoms with Gasteiger partial charge in [0.2, 0.25) is 5.95 Å². The van der Waals surface area contributed by atoms with E-state index in [0.717, 1.165) is 5.56 Å². The maximum atomic E-state index is 14.2. The minimum atomic E-state index is -4.85. The monoisotopic (exact) mass is 757 g/mol. The Kier molecular flexibility index (Phi) is 11.8. The van der Waals surface area contributed by atoms with E-state index in [1.54, 1.807) is 27.0 Å². The zero-order valence-corrected chi connectivity index (χ0v) is 30.2. The highest BCUT2D eigenvalue weighted by Gasteiger charge is 2.38. The molecular formula is C32H40F3N5O9P2. The van der Waals surface area contributed by atoms with E-state index >= 15 is 0 Å². The molecule has 19 heteroatoms. The minimum absolute atomic E-state index is 0.0224. The molecule has 0 saturated heterocycles. The van der Waals surface area contributed by atoms with Gasteiger partial charge < -0.3 is 30.1 Å². The largest absolute Gasteiger partial charge is 0.495 e. The lowest BCUT2D eigenvalue weighted by Crippen LogP contribution is -2.21. The number of rotatable bonds is 14. The number of carbonyl (C=O) groups excluding carboxylic acids is 1. The van der Waals surface area contributed by atoms with Gasteiger partial charge in [0.15, 0.2) is 0 Å². The van der Waals surface area contributed by atoms with Crippen molar-refractivity contribution in [2.45, 2.75) is 70.4 Å². The molecule has 1 aromatic heterocycles. The van der Waals surface area contributed by atoms with Crippen molar-refractivity contribution in [1.82, 2.24) is 14.9 Å². The second kappa shape index (κ2) is 15.6. The van der Waals surface area contributed by atoms with Crippen molar-refractivity contribution >= 4 is 44.5 Å². The lowest BCUT2D eigenvalue weighted by Gasteiger charge is -2.31. The molecule has 0 bridgehead atoms. The Labute approximate surface area is 292 Å². The van der Waals surface area contributed by atoms with E-state index in [9.17, 15) is 36.9 Å². The maximum absolute atomic E-state index is 14.2. The molecule has 1 saturated carbocycles. The molecule has 2 heterocycles. The third-order valence-electron chi connectivity index (χ3n) is 8.52. The number of halogens is 3. The Morgan fingerprint density at radius 1 is 1.00 bits per heavy atom. The van der Waals surface area contributed by atoms with Gasteiger partial charge in [0.25, 0.3) is 5.91 Å². The Morgan fingerprint density at radius 3 is 2.27 bits per heavy atom. The molecule has 0 unspecified atom stereocenters. The predicted molar refractivity (Wildman–Crippen MR) is 182 cm³/mol. The van der Waals surface area contributed by atoms with Crippen molar-refractivity contribution in [3.63, 3.8) is 0 Å². The number of anilines is 4. The standard InChI is InChI=1S/C32H40F3N5O9P2/c1-5-47-51(45,48-6-2)49-21-10-8-20(9-11-21)22-12-14-26(28-23(22)17-40(3)30(28)41)37-29-24(32(33,34)35)16-36-31(39-29)38-25-13-7-19(15-27(25)46-4)18-50(42,43)44/h7,12-16,20-21H,5-6,8-11,17-18H2,1-4H3,(H2,42,43,44)(H2,36,37,38,39). The molecule has 1 aliphatic heterocycles. The van der Waals surface area contributed by atoms with Crippen LogP contribution >= 0.6 is 15.4 Å². The molecule has 14 nitrogen and oxygen atoms in total. The van der Waals surface area contributed by atoms with Crippen LogP contribution in [0, 0.1) is 0 Å². The fraction of sp³-hybridized carbons (Fsp3) is 0.469. The molecule has 2 aliphatic rings. The van der Waals surface area contributed by atoms with Crippen molar-refractivity contribution in [3.8, 4) is 5.75 Å². The Morgan fingerprint density at radius 2 is 1.67 bits per heavy atom. The predicted octanol–water partition coefficient (Wildman–Crippen LogP) is 7.48. The topological polar surface area (TPSA) is 182 Å². The van der Waals surface area contributed by atoms with Crippen molar-refractivity contribution < 1.29 is 55.2 Å². The summed E-state index contributed by atoms with van der Waals surface area (Å²) in [7, 11) is -5.12. The highest BCUT2D eigenvalue weighted by atomic mass is 31.2. The molecule has 3 aromatic rings.